The van der Waals surface area contributed by atoms with Gasteiger partial charge in [0.2, 0.25) is 0 Å². The molecule has 6 rings (SSSR count). The van der Waals surface area contributed by atoms with Crippen LogP contribution in [0.1, 0.15) is 5.56 Å². The zero-order valence-corrected chi connectivity index (χ0v) is 18.9. The molecule has 1 aliphatic heterocycles. The summed E-state index contributed by atoms with van der Waals surface area (Å²) in [6, 6.07) is 14.8. The Morgan fingerprint density at radius 1 is 0.879 bits per heavy atom. The molecule has 1 aliphatic rings. The molecule has 0 unspecified atom stereocenters. The summed E-state index contributed by atoms with van der Waals surface area (Å²) in [7, 11) is 4.11. The number of aromatic amines is 1. The number of likely N-dealkylation sites (N-methyl/N-ethyl adjacent to an activating group) is 1. The number of rotatable bonds is 4. The Hall–Kier alpha value is -3.62. The normalized spacial score (nSPS) is 15.6. The highest BCUT2D eigenvalue weighted by Crippen LogP contribution is 2.31. The van der Waals surface area contributed by atoms with Gasteiger partial charge in [-0.1, -0.05) is 36.4 Å². The highest BCUT2D eigenvalue weighted by Gasteiger charge is 2.17. The van der Waals surface area contributed by atoms with Gasteiger partial charge in [0.15, 0.2) is 11.5 Å². The van der Waals surface area contributed by atoms with Crippen LogP contribution in [0.4, 0.5) is 0 Å². The first-order valence-electron chi connectivity index (χ1n) is 11.3. The van der Waals surface area contributed by atoms with Crippen molar-refractivity contribution in [2.24, 2.45) is 7.05 Å². The lowest BCUT2D eigenvalue weighted by atomic mass is 10.1. The molecule has 2 aromatic carbocycles. The molecule has 1 saturated heterocycles. The van der Waals surface area contributed by atoms with Crippen LogP contribution in [0.15, 0.2) is 54.9 Å². The van der Waals surface area contributed by atoms with Crippen LogP contribution in [-0.4, -0.2) is 73.0 Å². The second kappa shape index (κ2) is 8.06. The highest BCUT2D eigenvalue weighted by atomic mass is 15.3. The summed E-state index contributed by atoms with van der Waals surface area (Å²) in [6.07, 6.45) is 3.68. The van der Waals surface area contributed by atoms with E-state index in [2.05, 4.69) is 56.4 Å². The second-order valence-corrected chi connectivity index (χ2v) is 8.81. The van der Waals surface area contributed by atoms with Gasteiger partial charge in [-0.15, -0.1) is 0 Å². The standard InChI is InChI=1S/C25H26N8/c1-31-10-12-33(13-11-31)16-17-6-8-18(9-7-17)23-21-15-27-32(2)25(21)29-24(28-23)19-4-3-5-22-20(19)14-26-30-22/h3-9,14-15H,10-13,16H2,1-2H3,(H,26,30). The Morgan fingerprint density at radius 2 is 1.70 bits per heavy atom. The van der Waals surface area contributed by atoms with E-state index in [1.165, 1.54) is 5.56 Å². The lowest BCUT2D eigenvalue weighted by molar-refractivity contribution is 0.148. The predicted molar refractivity (Wildman–Crippen MR) is 130 cm³/mol. The van der Waals surface area contributed by atoms with Gasteiger partial charge in [0.25, 0.3) is 0 Å². The van der Waals surface area contributed by atoms with Gasteiger partial charge in [-0.05, 0) is 18.7 Å². The summed E-state index contributed by atoms with van der Waals surface area (Å²) in [5, 5.41) is 13.6. The number of H-pyrrole nitrogens is 1. The lowest BCUT2D eigenvalue weighted by Crippen LogP contribution is -2.43. The summed E-state index contributed by atoms with van der Waals surface area (Å²) >= 11 is 0. The second-order valence-electron chi connectivity index (χ2n) is 8.81. The maximum atomic E-state index is 5.02. The SMILES string of the molecule is CN1CCN(Cc2ccc(-c3nc(-c4cccc5[nH]ncc45)nc4c3cnn4C)cc2)CC1. The van der Waals surface area contributed by atoms with Crippen molar-refractivity contribution in [3.8, 4) is 22.6 Å². The molecule has 1 fully saturated rings. The minimum atomic E-state index is 0.676. The minimum Gasteiger partial charge on any atom is -0.304 e. The minimum absolute atomic E-state index is 0.676. The molecule has 166 valence electrons. The number of hydrogen-bond acceptors (Lipinski definition) is 6. The number of nitrogens with zero attached hydrogens (tertiary/aromatic N) is 7. The Morgan fingerprint density at radius 3 is 2.52 bits per heavy atom. The lowest BCUT2D eigenvalue weighted by Gasteiger charge is -2.32. The van der Waals surface area contributed by atoms with Crippen LogP contribution in [-0.2, 0) is 13.6 Å². The van der Waals surface area contributed by atoms with Crippen molar-refractivity contribution >= 4 is 21.9 Å². The van der Waals surface area contributed by atoms with Gasteiger partial charge in [0.1, 0.15) is 0 Å². The first-order chi connectivity index (χ1) is 16.2. The van der Waals surface area contributed by atoms with Crippen LogP contribution in [0.2, 0.25) is 0 Å². The van der Waals surface area contributed by atoms with Crippen molar-refractivity contribution in [1.29, 1.82) is 0 Å². The van der Waals surface area contributed by atoms with Crippen molar-refractivity contribution < 1.29 is 0 Å². The molecule has 8 heteroatoms. The van der Waals surface area contributed by atoms with E-state index in [4.69, 9.17) is 9.97 Å². The zero-order valence-electron chi connectivity index (χ0n) is 18.9. The molecule has 1 N–H and O–H groups in total. The number of aromatic nitrogens is 6. The van der Waals surface area contributed by atoms with Gasteiger partial charge in [0, 0.05) is 56.3 Å². The molecule has 4 heterocycles. The van der Waals surface area contributed by atoms with E-state index in [9.17, 15) is 0 Å². The fourth-order valence-corrected chi connectivity index (χ4v) is 4.56. The van der Waals surface area contributed by atoms with Crippen LogP contribution < -0.4 is 0 Å². The largest absolute Gasteiger partial charge is 0.304 e. The van der Waals surface area contributed by atoms with E-state index < -0.39 is 0 Å². The molecule has 0 saturated carbocycles. The summed E-state index contributed by atoms with van der Waals surface area (Å²) in [5.74, 6) is 0.676. The Labute approximate surface area is 191 Å². The van der Waals surface area contributed by atoms with Gasteiger partial charge in [0.05, 0.1) is 29.0 Å². The number of hydrogen-bond donors (Lipinski definition) is 1. The molecule has 8 nitrogen and oxygen atoms in total. The van der Waals surface area contributed by atoms with Crippen molar-refractivity contribution in [1.82, 2.24) is 39.7 Å². The van der Waals surface area contributed by atoms with Crippen LogP contribution in [0.25, 0.3) is 44.6 Å². The molecule has 3 aromatic heterocycles. The molecule has 33 heavy (non-hydrogen) atoms. The first-order valence-corrected chi connectivity index (χ1v) is 11.3. The first kappa shape index (κ1) is 20.0. The topological polar surface area (TPSA) is 78.8 Å². The average Bonchev–Trinajstić information content (AvgIpc) is 3.47. The summed E-state index contributed by atoms with van der Waals surface area (Å²) < 4.78 is 1.81. The summed E-state index contributed by atoms with van der Waals surface area (Å²) in [6.45, 7) is 5.47. The molecular weight excluding hydrogens is 412 g/mol. The number of piperazine rings is 1. The highest BCUT2D eigenvalue weighted by molar-refractivity contribution is 5.96. The summed E-state index contributed by atoms with van der Waals surface area (Å²) in [4.78, 5) is 14.8. The van der Waals surface area contributed by atoms with Crippen LogP contribution in [0.5, 0.6) is 0 Å². The molecule has 0 amide bonds. The molecular formula is C25H26N8. The Kier molecular flexibility index (Phi) is 4.89. The third-order valence-corrected chi connectivity index (χ3v) is 6.55. The number of aryl methyl sites for hydroxylation is 1. The Balaban J connectivity index is 1.39. The predicted octanol–water partition coefficient (Wildman–Crippen LogP) is 3.32. The van der Waals surface area contributed by atoms with E-state index in [0.29, 0.717) is 5.82 Å². The third-order valence-electron chi connectivity index (χ3n) is 6.55. The van der Waals surface area contributed by atoms with Gasteiger partial charge in [-0.2, -0.15) is 10.2 Å². The maximum Gasteiger partial charge on any atom is 0.163 e. The van der Waals surface area contributed by atoms with Crippen LogP contribution in [0.3, 0.4) is 0 Å². The van der Waals surface area contributed by atoms with Gasteiger partial charge >= 0.3 is 0 Å². The fourth-order valence-electron chi connectivity index (χ4n) is 4.56. The van der Waals surface area contributed by atoms with Crippen molar-refractivity contribution in [2.45, 2.75) is 6.54 Å². The van der Waals surface area contributed by atoms with Crippen molar-refractivity contribution in [3.05, 3.63) is 60.4 Å². The Bertz CT molecular complexity index is 1420. The quantitative estimate of drug-likeness (QED) is 0.464. The molecule has 0 atom stereocenters. The number of benzene rings is 2. The fraction of sp³-hybridized carbons (Fsp3) is 0.280. The average molecular weight is 439 g/mol. The molecule has 0 aliphatic carbocycles. The molecule has 5 aromatic rings. The number of fused-ring (bicyclic) bond motifs is 2. The maximum absolute atomic E-state index is 5.02. The van der Waals surface area contributed by atoms with Gasteiger partial charge < -0.3 is 4.90 Å². The van der Waals surface area contributed by atoms with E-state index >= 15 is 0 Å². The van der Waals surface area contributed by atoms with Crippen LogP contribution >= 0.6 is 0 Å². The van der Waals surface area contributed by atoms with Crippen LogP contribution in [0, 0.1) is 0 Å². The van der Waals surface area contributed by atoms with E-state index in [-0.39, 0.29) is 0 Å². The monoisotopic (exact) mass is 438 g/mol. The van der Waals surface area contributed by atoms with Gasteiger partial charge in [-0.3, -0.25) is 14.7 Å². The van der Waals surface area contributed by atoms with Gasteiger partial charge in [-0.25, -0.2) is 9.97 Å². The zero-order chi connectivity index (χ0) is 22.4. The summed E-state index contributed by atoms with van der Waals surface area (Å²) in [5.41, 5.74) is 6.03. The smallest absolute Gasteiger partial charge is 0.163 e. The van der Waals surface area contributed by atoms with E-state index in [0.717, 1.165) is 71.5 Å². The number of nitrogens with one attached hydrogen (secondary N) is 1. The molecule has 0 bridgehead atoms. The molecule has 0 radical (unpaired) electrons. The van der Waals surface area contributed by atoms with Crippen molar-refractivity contribution in [2.75, 3.05) is 33.2 Å². The molecule has 0 spiro atoms. The third kappa shape index (κ3) is 3.67. The van der Waals surface area contributed by atoms with E-state index in [1.807, 2.05) is 37.6 Å². The van der Waals surface area contributed by atoms with E-state index in [1.54, 1.807) is 4.68 Å². The van der Waals surface area contributed by atoms with Crippen molar-refractivity contribution in [3.63, 3.8) is 0 Å².